The van der Waals surface area contributed by atoms with Crippen molar-refractivity contribution in [2.75, 3.05) is 0 Å². The largest absolute Gasteiger partial charge is 0.436 e. The van der Waals surface area contributed by atoms with Gasteiger partial charge in [0, 0.05) is 6.92 Å². The summed E-state index contributed by atoms with van der Waals surface area (Å²) in [5.41, 5.74) is 0.569. The molecule has 0 heterocycles. The number of rotatable bonds is 3. The molecule has 0 N–H and O–H groups in total. The van der Waals surface area contributed by atoms with Gasteiger partial charge in [-0.1, -0.05) is 20.8 Å². The fourth-order valence-corrected chi connectivity index (χ4v) is 3.83. The minimum absolute atomic E-state index is 0.227. The summed E-state index contributed by atoms with van der Waals surface area (Å²) in [6, 6.07) is 0. The van der Waals surface area contributed by atoms with E-state index >= 15 is 0 Å². The molecule has 3 nitrogen and oxygen atoms in total. The SMILES string of the molecule is CC(=O)OC(C)OC1CC2CCC1(C)C2(C)C. The molecular weight excluding hydrogens is 216 g/mol. The molecule has 2 rings (SSSR count). The van der Waals surface area contributed by atoms with E-state index in [0.717, 1.165) is 12.3 Å². The monoisotopic (exact) mass is 240 g/mol. The molecule has 4 atom stereocenters. The Morgan fingerprint density at radius 2 is 2.00 bits per heavy atom. The van der Waals surface area contributed by atoms with E-state index in [2.05, 4.69) is 20.8 Å². The van der Waals surface area contributed by atoms with Crippen molar-refractivity contribution in [2.24, 2.45) is 16.7 Å². The van der Waals surface area contributed by atoms with E-state index in [-0.39, 0.29) is 17.5 Å². The van der Waals surface area contributed by atoms with Crippen LogP contribution in [0.15, 0.2) is 0 Å². The molecule has 0 aromatic rings. The number of ether oxygens (including phenoxy) is 2. The summed E-state index contributed by atoms with van der Waals surface area (Å²) in [5, 5.41) is 0. The first-order valence-electron chi connectivity index (χ1n) is 6.60. The van der Waals surface area contributed by atoms with Gasteiger partial charge in [0.05, 0.1) is 6.10 Å². The van der Waals surface area contributed by atoms with Crippen molar-refractivity contribution >= 4 is 5.97 Å². The van der Waals surface area contributed by atoms with Crippen molar-refractivity contribution in [2.45, 2.75) is 66.3 Å². The average Bonchev–Trinajstić information content (AvgIpc) is 2.49. The summed E-state index contributed by atoms with van der Waals surface area (Å²) in [7, 11) is 0. The Kier molecular flexibility index (Phi) is 3.01. The second-order valence-electron chi connectivity index (χ2n) is 6.41. The highest BCUT2D eigenvalue weighted by atomic mass is 16.7. The van der Waals surface area contributed by atoms with E-state index in [1.165, 1.54) is 19.8 Å². The van der Waals surface area contributed by atoms with Gasteiger partial charge in [0.25, 0.3) is 0 Å². The zero-order valence-electron chi connectivity index (χ0n) is 11.6. The Morgan fingerprint density at radius 1 is 1.35 bits per heavy atom. The van der Waals surface area contributed by atoms with Crippen LogP contribution in [0.3, 0.4) is 0 Å². The van der Waals surface area contributed by atoms with Crippen LogP contribution in [-0.2, 0) is 14.3 Å². The minimum atomic E-state index is -0.426. The van der Waals surface area contributed by atoms with E-state index in [1.54, 1.807) is 0 Å². The Morgan fingerprint density at radius 3 is 2.41 bits per heavy atom. The molecule has 2 saturated carbocycles. The summed E-state index contributed by atoms with van der Waals surface area (Å²) in [6.07, 6.45) is 3.44. The van der Waals surface area contributed by atoms with Crippen molar-refractivity contribution in [1.29, 1.82) is 0 Å². The molecule has 2 bridgehead atoms. The third-order valence-corrected chi connectivity index (χ3v) is 5.40. The molecule has 2 aliphatic rings. The van der Waals surface area contributed by atoms with E-state index in [9.17, 15) is 4.79 Å². The van der Waals surface area contributed by atoms with Crippen LogP contribution in [0.25, 0.3) is 0 Å². The Balaban J connectivity index is 2.03. The lowest BCUT2D eigenvalue weighted by Gasteiger charge is -2.39. The van der Waals surface area contributed by atoms with E-state index in [1.807, 2.05) is 6.92 Å². The molecule has 3 heteroatoms. The molecule has 0 saturated heterocycles. The van der Waals surface area contributed by atoms with Crippen LogP contribution in [0.4, 0.5) is 0 Å². The van der Waals surface area contributed by atoms with E-state index < -0.39 is 6.29 Å². The predicted molar refractivity (Wildman–Crippen MR) is 65.3 cm³/mol. The Hall–Kier alpha value is -0.570. The molecular formula is C14H24O3. The first-order chi connectivity index (χ1) is 7.77. The number of carbonyl (C=O) groups excluding carboxylic acids is 1. The number of hydrogen-bond donors (Lipinski definition) is 0. The first kappa shape index (κ1) is 12.9. The van der Waals surface area contributed by atoms with Crippen LogP contribution < -0.4 is 0 Å². The van der Waals surface area contributed by atoms with Gasteiger partial charge in [-0.15, -0.1) is 0 Å². The smallest absolute Gasteiger partial charge is 0.304 e. The quantitative estimate of drug-likeness (QED) is 0.561. The summed E-state index contributed by atoms with van der Waals surface area (Å²) >= 11 is 0. The molecule has 4 unspecified atom stereocenters. The molecule has 0 radical (unpaired) electrons. The molecule has 98 valence electrons. The van der Waals surface area contributed by atoms with Crippen molar-refractivity contribution in [3.8, 4) is 0 Å². The third-order valence-electron chi connectivity index (χ3n) is 5.40. The van der Waals surface area contributed by atoms with Gasteiger partial charge < -0.3 is 9.47 Å². The fourth-order valence-electron chi connectivity index (χ4n) is 3.83. The Labute approximate surface area is 104 Å². The number of carbonyl (C=O) groups is 1. The molecule has 0 aromatic carbocycles. The van der Waals surface area contributed by atoms with E-state index in [0.29, 0.717) is 5.41 Å². The van der Waals surface area contributed by atoms with Gasteiger partial charge >= 0.3 is 5.97 Å². The summed E-state index contributed by atoms with van der Waals surface area (Å²) in [6.45, 7) is 10.3. The lowest BCUT2D eigenvalue weighted by molar-refractivity contribution is -0.197. The fraction of sp³-hybridized carbons (Fsp3) is 0.929. The van der Waals surface area contributed by atoms with Gasteiger partial charge in [-0.25, -0.2) is 0 Å². The molecule has 0 aliphatic heterocycles. The Bertz CT molecular complexity index is 323. The summed E-state index contributed by atoms with van der Waals surface area (Å²) in [4.78, 5) is 10.9. The van der Waals surface area contributed by atoms with Crippen LogP contribution >= 0.6 is 0 Å². The van der Waals surface area contributed by atoms with Crippen molar-refractivity contribution in [3.63, 3.8) is 0 Å². The van der Waals surface area contributed by atoms with Crippen molar-refractivity contribution < 1.29 is 14.3 Å². The van der Waals surface area contributed by atoms with Gasteiger partial charge in [-0.3, -0.25) is 4.79 Å². The summed E-state index contributed by atoms with van der Waals surface area (Å²) < 4.78 is 11.0. The highest BCUT2D eigenvalue weighted by Crippen LogP contribution is 2.66. The average molecular weight is 240 g/mol. The first-order valence-corrected chi connectivity index (χ1v) is 6.60. The maximum Gasteiger partial charge on any atom is 0.304 e. The van der Waals surface area contributed by atoms with Crippen LogP contribution in [-0.4, -0.2) is 18.4 Å². The number of esters is 1. The second-order valence-corrected chi connectivity index (χ2v) is 6.41. The predicted octanol–water partition coefficient (Wildman–Crippen LogP) is 3.13. The molecule has 2 aliphatic carbocycles. The maximum absolute atomic E-state index is 10.9. The standard InChI is InChI=1S/C14H24O3/c1-9(15)16-10(2)17-12-8-11-6-7-14(12,5)13(11,3)4/h10-12H,6-8H2,1-5H3. The normalized spacial score (nSPS) is 40.3. The minimum Gasteiger partial charge on any atom is -0.436 e. The number of fused-ring (bicyclic) bond motifs is 2. The maximum atomic E-state index is 10.9. The van der Waals surface area contributed by atoms with Gasteiger partial charge in [-0.2, -0.15) is 0 Å². The lowest BCUT2D eigenvalue weighted by Crippen LogP contribution is -2.39. The highest BCUT2D eigenvalue weighted by Gasteiger charge is 2.62. The van der Waals surface area contributed by atoms with Crippen LogP contribution in [0.1, 0.15) is 53.9 Å². The van der Waals surface area contributed by atoms with Crippen molar-refractivity contribution in [1.82, 2.24) is 0 Å². The van der Waals surface area contributed by atoms with Crippen LogP contribution in [0.5, 0.6) is 0 Å². The van der Waals surface area contributed by atoms with Gasteiger partial charge in [0.15, 0.2) is 6.29 Å². The zero-order chi connectivity index (χ0) is 12.8. The van der Waals surface area contributed by atoms with Gasteiger partial charge in [0.2, 0.25) is 0 Å². The van der Waals surface area contributed by atoms with Gasteiger partial charge in [-0.05, 0) is 42.9 Å². The third kappa shape index (κ3) is 1.88. The van der Waals surface area contributed by atoms with Crippen LogP contribution in [0.2, 0.25) is 0 Å². The molecule has 17 heavy (non-hydrogen) atoms. The summed E-state index contributed by atoms with van der Waals surface area (Å²) in [5.74, 6) is 0.479. The zero-order valence-corrected chi connectivity index (χ0v) is 11.6. The van der Waals surface area contributed by atoms with E-state index in [4.69, 9.17) is 9.47 Å². The molecule has 0 spiro atoms. The molecule has 2 fully saturated rings. The van der Waals surface area contributed by atoms with Crippen molar-refractivity contribution in [3.05, 3.63) is 0 Å². The molecule has 0 aromatic heterocycles. The topological polar surface area (TPSA) is 35.5 Å². The second kappa shape index (κ2) is 3.98. The highest BCUT2D eigenvalue weighted by molar-refractivity contribution is 5.65. The lowest BCUT2D eigenvalue weighted by atomic mass is 9.70. The van der Waals surface area contributed by atoms with Gasteiger partial charge in [0.1, 0.15) is 0 Å². The molecule has 0 amide bonds. The number of hydrogen-bond acceptors (Lipinski definition) is 3. The van der Waals surface area contributed by atoms with Crippen LogP contribution in [0, 0.1) is 16.7 Å².